The second-order valence-electron chi connectivity index (χ2n) is 4.90. The van der Waals surface area contributed by atoms with E-state index in [1.165, 1.54) is 0 Å². The summed E-state index contributed by atoms with van der Waals surface area (Å²) in [6.45, 7) is 1.82. The summed E-state index contributed by atoms with van der Waals surface area (Å²) in [5.41, 5.74) is 1.56. The number of ether oxygens (including phenoxy) is 3. The first-order valence-corrected chi connectivity index (χ1v) is 8.31. The third-order valence-corrected chi connectivity index (χ3v) is 3.70. The summed E-state index contributed by atoms with van der Waals surface area (Å²) in [5.74, 6) is 0.514. The number of hydrogen-bond acceptors (Lipinski definition) is 5. The summed E-state index contributed by atoms with van der Waals surface area (Å²) in [7, 11) is 1.61. The molecular weight excluding hydrogens is 390 g/mol. The summed E-state index contributed by atoms with van der Waals surface area (Å²) < 4.78 is 16.5. The number of rotatable bonds is 8. The lowest BCUT2D eigenvalue weighted by molar-refractivity contribution is -0.139. The molecule has 0 heterocycles. The molecule has 7 heteroatoms. The van der Waals surface area contributed by atoms with Gasteiger partial charge in [-0.1, -0.05) is 0 Å². The molecule has 0 aliphatic heterocycles. The van der Waals surface area contributed by atoms with Gasteiger partial charge in [0.05, 0.1) is 23.9 Å². The molecule has 0 atom stereocenters. The third kappa shape index (κ3) is 5.49. The summed E-state index contributed by atoms with van der Waals surface area (Å²) in [6, 6.07) is 10.9. The fourth-order valence-corrected chi connectivity index (χ4v) is 2.59. The molecule has 0 fully saturated rings. The van der Waals surface area contributed by atoms with Gasteiger partial charge in [0.25, 0.3) is 0 Å². The monoisotopic (exact) mass is 407 g/mol. The molecule has 0 aliphatic rings. The van der Waals surface area contributed by atoms with Crippen LogP contribution in [0, 0.1) is 0 Å². The molecule has 1 N–H and O–H groups in total. The SMILES string of the molecule is CCOc1cc(C=Nc2ccc(OC)cc2)cc(Br)c1OCC(=O)O. The van der Waals surface area contributed by atoms with Gasteiger partial charge in [-0.25, -0.2) is 4.79 Å². The Balaban J connectivity index is 2.25. The van der Waals surface area contributed by atoms with Gasteiger partial charge in [-0.15, -0.1) is 0 Å². The highest BCUT2D eigenvalue weighted by atomic mass is 79.9. The quantitative estimate of drug-likeness (QED) is 0.667. The van der Waals surface area contributed by atoms with Crippen molar-refractivity contribution in [3.05, 3.63) is 46.4 Å². The van der Waals surface area contributed by atoms with Crippen LogP contribution in [0.25, 0.3) is 0 Å². The zero-order valence-corrected chi connectivity index (χ0v) is 15.4. The number of hydrogen-bond donors (Lipinski definition) is 1. The number of aliphatic carboxylic acids is 1. The molecular formula is C18H18BrNO5. The van der Waals surface area contributed by atoms with E-state index in [1.54, 1.807) is 25.5 Å². The van der Waals surface area contributed by atoms with Gasteiger partial charge in [-0.3, -0.25) is 4.99 Å². The van der Waals surface area contributed by atoms with E-state index in [9.17, 15) is 4.79 Å². The topological polar surface area (TPSA) is 77.3 Å². The Labute approximate surface area is 154 Å². The molecule has 0 spiro atoms. The predicted octanol–water partition coefficient (Wildman–Crippen LogP) is 4.07. The first kappa shape index (κ1) is 18.8. The largest absolute Gasteiger partial charge is 0.497 e. The Bertz CT molecular complexity index is 759. The van der Waals surface area contributed by atoms with E-state index in [4.69, 9.17) is 19.3 Å². The molecule has 0 aliphatic carbocycles. The van der Waals surface area contributed by atoms with Crippen molar-refractivity contribution in [1.82, 2.24) is 0 Å². The van der Waals surface area contributed by atoms with Crippen molar-refractivity contribution in [3.8, 4) is 17.2 Å². The smallest absolute Gasteiger partial charge is 0.341 e. The Hall–Kier alpha value is -2.54. The standard InChI is InChI=1S/C18H18BrNO5/c1-3-24-16-9-12(8-15(19)18(16)25-11-17(21)22)10-20-13-4-6-14(23-2)7-5-13/h4-10H,3,11H2,1-2H3,(H,21,22). The second kappa shape index (κ2) is 9.08. The lowest BCUT2D eigenvalue weighted by atomic mass is 10.2. The van der Waals surface area contributed by atoms with E-state index in [1.807, 2.05) is 31.2 Å². The number of nitrogens with zero attached hydrogens (tertiary/aromatic N) is 1. The van der Waals surface area contributed by atoms with E-state index >= 15 is 0 Å². The molecule has 2 aromatic carbocycles. The highest BCUT2D eigenvalue weighted by molar-refractivity contribution is 9.10. The van der Waals surface area contributed by atoms with Gasteiger partial charge in [0, 0.05) is 6.21 Å². The van der Waals surface area contributed by atoms with Crippen molar-refractivity contribution in [2.75, 3.05) is 20.3 Å². The summed E-state index contributed by atoms with van der Waals surface area (Å²) >= 11 is 3.39. The van der Waals surface area contributed by atoms with Gasteiger partial charge in [0.15, 0.2) is 18.1 Å². The van der Waals surface area contributed by atoms with Crippen molar-refractivity contribution in [1.29, 1.82) is 0 Å². The molecule has 2 aromatic rings. The lowest BCUT2D eigenvalue weighted by Crippen LogP contribution is -2.11. The minimum Gasteiger partial charge on any atom is -0.497 e. The molecule has 0 saturated carbocycles. The number of carbonyl (C=O) groups is 1. The van der Waals surface area contributed by atoms with Gasteiger partial charge in [0.2, 0.25) is 0 Å². The van der Waals surface area contributed by atoms with Crippen LogP contribution < -0.4 is 14.2 Å². The van der Waals surface area contributed by atoms with E-state index in [-0.39, 0.29) is 0 Å². The number of aliphatic imine (C=N–C) groups is 1. The van der Waals surface area contributed by atoms with Crippen molar-refractivity contribution in [2.45, 2.75) is 6.92 Å². The predicted molar refractivity (Wildman–Crippen MR) is 98.7 cm³/mol. The summed E-state index contributed by atoms with van der Waals surface area (Å²) in [5, 5.41) is 8.78. The molecule has 0 saturated heterocycles. The van der Waals surface area contributed by atoms with Crippen LogP contribution in [0.1, 0.15) is 12.5 Å². The molecule has 0 bridgehead atoms. The van der Waals surface area contributed by atoms with Crippen LogP contribution in [-0.2, 0) is 4.79 Å². The van der Waals surface area contributed by atoms with Crippen LogP contribution >= 0.6 is 15.9 Å². The van der Waals surface area contributed by atoms with Gasteiger partial charge < -0.3 is 19.3 Å². The van der Waals surface area contributed by atoms with Gasteiger partial charge in [0.1, 0.15) is 5.75 Å². The lowest BCUT2D eigenvalue weighted by Gasteiger charge is -2.13. The minimum atomic E-state index is -1.06. The molecule has 0 aromatic heterocycles. The number of benzene rings is 2. The first-order chi connectivity index (χ1) is 12.0. The van der Waals surface area contributed by atoms with Crippen molar-refractivity contribution < 1.29 is 24.1 Å². The zero-order chi connectivity index (χ0) is 18.2. The maximum atomic E-state index is 10.7. The van der Waals surface area contributed by atoms with Crippen LogP contribution in [0.3, 0.4) is 0 Å². The molecule has 25 heavy (non-hydrogen) atoms. The number of carboxylic acid groups (broad SMARTS) is 1. The Morgan fingerprint density at radius 2 is 1.96 bits per heavy atom. The number of halogens is 1. The maximum absolute atomic E-state index is 10.7. The van der Waals surface area contributed by atoms with Crippen LogP contribution in [0.4, 0.5) is 5.69 Å². The third-order valence-electron chi connectivity index (χ3n) is 3.11. The van der Waals surface area contributed by atoms with Crippen molar-refractivity contribution >= 4 is 33.8 Å². The normalized spacial score (nSPS) is 10.7. The first-order valence-electron chi connectivity index (χ1n) is 7.52. The molecule has 132 valence electrons. The maximum Gasteiger partial charge on any atom is 0.341 e. The molecule has 6 nitrogen and oxygen atoms in total. The molecule has 2 rings (SSSR count). The van der Waals surface area contributed by atoms with Gasteiger partial charge in [-0.05, 0) is 64.8 Å². The van der Waals surface area contributed by atoms with Gasteiger partial charge in [-0.2, -0.15) is 0 Å². The molecule has 0 unspecified atom stereocenters. The van der Waals surface area contributed by atoms with E-state index in [2.05, 4.69) is 20.9 Å². The van der Waals surface area contributed by atoms with Crippen LogP contribution in [0.2, 0.25) is 0 Å². The van der Waals surface area contributed by atoms with Crippen LogP contribution in [0.15, 0.2) is 45.9 Å². The van der Waals surface area contributed by atoms with Crippen LogP contribution in [0.5, 0.6) is 17.2 Å². The average Bonchev–Trinajstić information content (AvgIpc) is 2.59. The fraction of sp³-hybridized carbons (Fsp3) is 0.222. The van der Waals surface area contributed by atoms with E-state index < -0.39 is 12.6 Å². The fourth-order valence-electron chi connectivity index (χ4n) is 2.02. The molecule has 0 radical (unpaired) electrons. The Kier molecular flexibility index (Phi) is 6.82. The highest BCUT2D eigenvalue weighted by Crippen LogP contribution is 2.36. The molecule has 0 amide bonds. The van der Waals surface area contributed by atoms with Crippen molar-refractivity contribution in [2.24, 2.45) is 4.99 Å². The highest BCUT2D eigenvalue weighted by Gasteiger charge is 2.13. The zero-order valence-electron chi connectivity index (χ0n) is 13.9. The average molecular weight is 408 g/mol. The second-order valence-corrected chi connectivity index (χ2v) is 5.76. The number of methoxy groups -OCH3 is 1. The Morgan fingerprint density at radius 3 is 2.56 bits per heavy atom. The van der Waals surface area contributed by atoms with Gasteiger partial charge >= 0.3 is 5.97 Å². The summed E-state index contributed by atoms with van der Waals surface area (Å²) in [4.78, 5) is 15.1. The van der Waals surface area contributed by atoms with Crippen LogP contribution in [-0.4, -0.2) is 37.6 Å². The van der Waals surface area contributed by atoms with E-state index in [0.29, 0.717) is 22.6 Å². The number of carboxylic acids is 1. The van der Waals surface area contributed by atoms with E-state index in [0.717, 1.165) is 17.0 Å². The Morgan fingerprint density at radius 1 is 1.24 bits per heavy atom. The summed E-state index contributed by atoms with van der Waals surface area (Å²) in [6.07, 6.45) is 1.69. The van der Waals surface area contributed by atoms with Crippen molar-refractivity contribution in [3.63, 3.8) is 0 Å². The minimum absolute atomic E-state index is 0.353.